The van der Waals surface area contributed by atoms with Crippen molar-refractivity contribution in [1.29, 1.82) is 0 Å². The van der Waals surface area contributed by atoms with Crippen molar-refractivity contribution in [3.63, 3.8) is 0 Å². The predicted molar refractivity (Wildman–Crippen MR) is 65.6 cm³/mol. The zero-order chi connectivity index (χ0) is 13.0. The number of hydrogen-bond donors (Lipinski definition) is 1. The van der Waals surface area contributed by atoms with E-state index in [4.69, 9.17) is 10.5 Å². The van der Waals surface area contributed by atoms with Gasteiger partial charge >= 0.3 is 0 Å². The topological polar surface area (TPSA) is 35.2 Å². The molecule has 0 aliphatic heterocycles. The van der Waals surface area contributed by atoms with Crippen LogP contribution in [0, 0.1) is 11.6 Å². The first-order valence-electron chi connectivity index (χ1n) is 5.61. The van der Waals surface area contributed by atoms with Crippen LogP contribution in [-0.4, -0.2) is 6.54 Å². The Morgan fingerprint density at radius 1 is 1.06 bits per heavy atom. The highest BCUT2D eigenvalue weighted by atomic mass is 19.2. The highest BCUT2D eigenvalue weighted by Gasteiger charge is 2.09. The molecule has 4 heteroatoms. The van der Waals surface area contributed by atoms with Crippen LogP contribution in [0.4, 0.5) is 8.78 Å². The average molecular weight is 249 g/mol. The minimum Gasteiger partial charge on any atom is -0.454 e. The fourth-order valence-corrected chi connectivity index (χ4v) is 1.62. The van der Waals surface area contributed by atoms with Gasteiger partial charge in [-0.1, -0.05) is 18.2 Å². The van der Waals surface area contributed by atoms with Crippen LogP contribution >= 0.6 is 0 Å². The van der Waals surface area contributed by atoms with Gasteiger partial charge in [0.05, 0.1) is 0 Å². The van der Waals surface area contributed by atoms with Crippen molar-refractivity contribution in [3.05, 3.63) is 59.7 Å². The van der Waals surface area contributed by atoms with E-state index in [0.29, 0.717) is 18.7 Å². The van der Waals surface area contributed by atoms with Crippen molar-refractivity contribution in [2.75, 3.05) is 6.54 Å². The van der Waals surface area contributed by atoms with Gasteiger partial charge in [0.2, 0.25) is 5.82 Å². The van der Waals surface area contributed by atoms with E-state index in [-0.39, 0.29) is 5.75 Å². The van der Waals surface area contributed by atoms with Crippen LogP contribution in [0.2, 0.25) is 0 Å². The number of rotatable bonds is 4. The van der Waals surface area contributed by atoms with Crippen molar-refractivity contribution in [2.45, 2.75) is 6.42 Å². The fourth-order valence-electron chi connectivity index (χ4n) is 1.62. The van der Waals surface area contributed by atoms with Crippen molar-refractivity contribution < 1.29 is 13.5 Å². The van der Waals surface area contributed by atoms with Crippen molar-refractivity contribution >= 4 is 0 Å². The van der Waals surface area contributed by atoms with Gasteiger partial charge in [0.15, 0.2) is 11.6 Å². The molecule has 0 fully saturated rings. The van der Waals surface area contributed by atoms with Crippen LogP contribution in [0.15, 0.2) is 42.5 Å². The molecule has 0 bridgehead atoms. The van der Waals surface area contributed by atoms with Gasteiger partial charge in [-0.2, -0.15) is 4.39 Å². The van der Waals surface area contributed by atoms with Crippen LogP contribution in [0.25, 0.3) is 0 Å². The Morgan fingerprint density at radius 2 is 1.83 bits per heavy atom. The molecule has 0 aliphatic carbocycles. The molecule has 0 heterocycles. The maximum Gasteiger partial charge on any atom is 0.201 e. The first-order valence-corrected chi connectivity index (χ1v) is 5.61. The van der Waals surface area contributed by atoms with E-state index >= 15 is 0 Å². The van der Waals surface area contributed by atoms with E-state index in [1.807, 2.05) is 6.07 Å². The number of hydrogen-bond acceptors (Lipinski definition) is 2. The second-order valence-electron chi connectivity index (χ2n) is 3.84. The van der Waals surface area contributed by atoms with E-state index in [1.165, 1.54) is 12.1 Å². The van der Waals surface area contributed by atoms with Crippen molar-refractivity contribution in [2.24, 2.45) is 5.73 Å². The maximum atomic E-state index is 13.4. The third kappa shape index (κ3) is 2.84. The molecular weight excluding hydrogens is 236 g/mol. The van der Waals surface area contributed by atoms with Crippen molar-refractivity contribution in [3.8, 4) is 11.5 Å². The summed E-state index contributed by atoms with van der Waals surface area (Å²) in [5.41, 5.74) is 6.45. The lowest BCUT2D eigenvalue weighted by Gasteiger charge is -2.08. The van der Waals surface area contributed by atoms with Crippen LogP contribution < -0.4 is 10.5 Å². The monoisotopic (exact) mass is 249 g/mol. The Morgan fingerprint density at radius 3 is 2.61 bits per heavy atom. The van der Waals surface area contributed by atoms with Crippen LogP contribution in [0.3, 0.4) is 0 Å². The summed E-state index contributed by atoms with van der Waals surface area (Å²) in [7, 11) is 0. The molecule has 0 amide bonds. The standard InChI is InChI=1S/C14H13F2NO/c15-12-5-2-6-13(14(12)16)18-11-4-1-3-10(9-11)7-8-17/h1-6,9H,7-8,17H2. The van der Waals surface area contributed by atoms with Gasteiger partial charge in [0.1, 0.15) is 5.75 Å². The molecule has 2 aromatic rings. The average Bonchev–Trinajstić information content (AvgIpc) is 2.36. The van der Waals surface area contributed by atoms with Gasteiger partial charge in [-0.15, -0.1) is 0 Å². The third-order valence-corrected chi connectivity index (χ3v) is 2.48. The van der Waals surface area contributed by atoms with Gasteiger partial charge in [-0.3, -0.25) is 0 Å². The quantitative estimate of drug-likeness (QED) is 0.902. The molecule has 94 valence electrons. The molecule has 0 aliphatic rings. The Hall–Kier alpha value is -1.94. The van der Waals surface area contributed by atoms with Gasteiger partial charge in [-0.25, -0.2) is 4.39 Å². The SMILES string of the molecule is NCCc1cccc(Oc2cccc(F)c2F)c1. The number of ether oxygens (including phenoxy) is 1. The molecule has 2 nitrogen and oxygen atoms in total. The summed E-state index contributed by atoms with van der Waals surface area (Å²) in [6, 6.07) is 11.0. The third-order valence-electron chi connectivity index (χ3n) is 2.48. The summed E-state index contributed by atoms with van der Waals surface area (Å²) >= 11 is 0. The smallest absolute Gasteiger partial charge is 0.201 e. The maximum absolute atomic E-state index is 13.4. The minimum atomic E-state index is -0.985. The normalized spacial score (nSPS) is 10.4. The second-order valence-corrected chi connectivity index (χ2v) is 3.84. The highest BCUT2D eigenvalue weighted by Crippen LogP contribution is 2.26. The number of benzene rings is 2. The molecule has 18 heavy (non-hydrogen) atoms. The molecule has 0 spiro atoms. The molecule has 0 saturated heterocycles. The van der Waals surface area contributed by atoms with E-state index in [2.05, 4.69) is 0 Å². The molecule has 2 aromatic carbocycles. The fraction of sp³-hybridized carbons (Fsp3) is 0.143. The minimum absolute atomic E-state index is 0.125. The Balaban J connectivity index is 2.23. The second kappa shape index (κ2) is 5.60. The van der Waals surface area contributed by atoms with Gasteiger partial charge in [0.25, 0.3) is 0 Å². The summed E-state index contributed by atoms with van der Waals surface area (Å²) in [6.45, 7) is 0.526. The molecule has 0 unspecified atom stereocenters. The molecule has 2 N–H and O–H groups in total. The summed E-state index contributed by atoms with van der Waals surface area (Å²) in [5.74, 6) is -1.57. The van der Waals surface area contributed by atoms with Crippen LogP contribution in [0.1, 0.15) is 5.56 Å². The first-order chi connectivity index (χ1) is 8.70. The van der Waals surface area contributed by atoms with Gasteiger partial charge in [0, 0.05) is 0 Å². The Kier molecular flexibility index (Phi) is 3.89. The molecule has 0 saturated carbocycles. The zero-order valence-corrected chi connectivity index (χ0v) is 9.70. The van der Waals surface area contributed by atoms with E-state index in [0.717, 1.165) is 11.6 Å². The first kappa shape index (κ1) is 12.5. The van der Waals surface area contributed by atoms with Crippen LogP contribution in [-0.2, 0) is 6.42 Å². The van der Waals surface area contributed by atoms with E-state index < -0.39 is 11.6 Å². The summed E-state index contributed by atoms with van der Waals surface area (Å²) in [6.07, 6.45) is 0.711. The molecule has 2 rings (SSSR count). The largest absolute Gasteiger partial charge is 0.454 e. The number of halogens is 2. The molecule has 0 atom stereocenters. The van der Waals surface area contributed by atoms with Crippen molar-refractivity contribution in [1.82, 2.24) is 0 Å². The van der Waals surface area contributed by atoms with E-state index in [9.17, 15) is 8.78 Å². The van der Waals surface area contributed by atoms with Crippen LogP contribution in [0.5, 0.6) is 11.5 Å². The molecule has 0 aromatic heterocycles. The Bertz CT molecular complexity index is 543. The van der Waals surface area contributed by atoms with E-state index in [1.54, 1.807) is 18.2 Å². The van der Waals surface area contributed by atoms with Gasteiger partial charge < -0.3 is 10.5 Å². The summed E-state index contributed by atoms with van der Waals surface area (Å²) < 4.78 is 31.7. The summed E-state index contributed by atoms with van der Waals surface area (Å²) in [5, 5.41) is 0. The lowest BCUT2D eigenvalue weighted by Crippen LogP contribution is -2.02. The summed E-state index contributed by atoms with van der Waals surface area (Å²) in [4.78, 5) is 0. The molecule has 0 radical (unpaired) electrons. The highest BCUT2D eigenvalue weighted by molar-refractivity contribution is 5.35. The predicted octanol–water partition coefficient (Wildman–Crippen LogP) is 3.26. The lowest BCUT2D eigenvalue weighted by molar-refractivity contribution is 0.416. The zero-order valence-electron chi connectivity index (χ0n) is 9.70. The number of nitrogens with two attached hydrogens (primary N) is 1. The van der Waals surface area contributed by atoms with Gasteiger partial charge in [-0.05, 0) is 42.8 Å². The molecular formula is C14H13F2NO. The lowest BCUT2D eigenvalue weighted by atomic mass is 10.1. The Labute approximate surface area is 104 Å².